The predicted octanol–water partition coefficient (Wildman–Crippen LogP) is 0.383. The summed E-state index contributed by atoms with van der Waals surface area (Å²) >= 11 is 0. The second kappa shape index (κ2) is 3.88. The average molecular weight is 165 g/mol. The van der Waals surface area contributed by atoms with E-state index in [1.54, 1.807) is 17.0 Å². The van der Waals surface area contributed by atoms with Crippen LogP contribution >= 0.6 is 0 Å². The number of aliphatic hydroxyl groups excluding tert-OH is 1. The van der Waals surface area contributed by atoms with Crippen LogP contribution in [-0.2, 0) is 6.54 Å². The normalized spacial score (nSPS) is 12.4. The minimum atomic E-state index is 0.128. The van der Waals surface area contributed by atoms with E-state index in [9.17, 15) is 0 Å². The Morgan fingerprint density at radius 3 is 3.17 bits per heavy atom. The SMILES string of the molecule is CC(CO)Cn1ccnc1C#N. The van der Waals surface area contributed by atoms with Gasteiger partial charge in [-0.2, -0.15) is 5.26 Å². The van der Waals surface area contributed by atoms with Gasteiger partial charge in [0.15, 0.2) is 0 Å². The Hall–Kier alpha value is -1.34. The number of aromatic nitrogens is 2. The third-order valence-electron chi connectivity index (χ3n) is 1.64. The quantitative estimate of drug-likeness (QED) is 0.704. The summed E-state index contributed by atoms with van der Waals surface area (Å²) in [6, 6.07) is 1.98. The Bertz CT molecular complexity index is 287. The summed E-state index contributed by atoms with van der Waals surface area (Å²) < 4.78 is 1.74. The molecule has 64 valence electrons. The summed E-state index contributed by atoms with van der Waals surface area (Å²) in [5.74, 6) is 0.557. The van der Waals surface area contributed by atoms with E-state index < -0.39 is 0 Å². The lowest BCUT2D eigenvalue weighted by molar-refractivity contribution is 0.222. The van der Waals surface area contributed by atoms with Crippen LogP contribution in [0.15, 0.2) is 12.4 Å². The fourth-order valence-corrected chi connectivity index (χ4v) is 0.963. The summed E-state index contributed by atoms with van der Waals surface area (Å²) in [4.78, 5) is 3.84. The number of hydrogen-bond acceptors (Lipinski definition) is 3. The molecule has 0 aliphatic heterocycles. The highest BCUT2D eigenvalue weighted by molar-refractivity contribution is 5.10. The number of hydrogen-bond donors (Lipinski definition) is 1. The minimum Gasteiger partial charge on any atom is -0.396 e. The third kappa shape index (κ3) is 1.83. The fraction of sp³-hybridized carbons (Fsp3) is 0.500. The van der Waals surface area contributed by atoms with Crippen LogP contribution in [0.2, 0.25) is 0 Å². The lowest BCUT2D eigenvalue weighted by Crippen LogP contribution is -2.11. The molecule has 1 aromatic rings. The van der Waals surface area contributed by atoms with Crippen LogP contribution in [0.25, 0.3) is 0 Å². The molecule has 0 amide bonds. The van der Waals surface area contributed by atoms with Crippen molar-refractivity contribution in [2.75, 3.05) is 6.61 Å². The summed E-state index contributed by atoms with van der Waals surface area (Å²) in [6.07, 6.45) is 3.33. The molecule has 1 aromatic heterocycles. The highest BCUT2D eigenvalue weighted by atomic mass is 16.3. The molecule has 0 aliphatic rings. The average Bonchev–Trinajstić information content (AvgIpc) is 2.51. The van der Waals surface area contributed by atoms with E-state index in [0.29, 0.717) is 12.4 Å². The van der Waals surface area contributed by atoms with Gasteiger partial charge in [0.25, 0.3) is 0 Å². The largest absolute Gasteiger partial charge is 0.396 e. The molecule has 0 fully saturated rings. The maximum atomic E-state index is 8.78. The molecule has 1 unspecified atom stereocenters. The Kier molecular flexibility index (Phi) is 2.83. The molecule has 0 aliphatic carbocycles. The maximum Gasteiger partial charge on any atom is 0.212 e. The van der Waals surface area contributed by atoms with Gasteiger partial charge in [-0.05, 0) is 5.92 Å². The Morgan fingerprint density at radius 1 is 1.83 bits per heavy atom. The first-order valence-electron chi connectivity index (χ1n) is 3.80. The molecule has 1 atom stereocenters. The van der Waals surface area contributed by atoms with E-state index in [2.05, 4.69) is 4.98 Å². The summed E-state index contributed by atoms with van der Waals surface area (Å²) in [5.41, 5.74) is 0. The first-order valence-corrected chi connectivity index (χ1v) is 3.80. The first kappa shape index (κ1) is 8.75. The van der Waals surface area contributed by atoms with Gasteiger partial charge >= 0.3 is 0 Å². The van der Waals surface area contributed by atoms with E-state index in [-0.39, 0.29) is 12.5 Å². The highest BCUT2D eigenvalue weighted by Crippen LogP contribution is 2.02. The van der Waals surface area contributed by atoms with Crippen molar-refractivity contribution < 1.29 is 5.11 Å². The maximum absolute atomic E-state index is 8.78. The first-order chi connectivity index (χ1) is 5.77. The van der Waals surface area contributed by atoms with E-state index in [4.69, 9.17) is 10.4 Å². The Labute approximate surface area is 71.1 Å². The van der Waals surface area contributed by atoms with Crippen molar-refractivity contribution in [3.05, 3.63) is 18.2 Å². The zero-order valence-corrected chi connectivity index (χ0v) is 6.94. The molecule has 1 heterocycles. The number of nitrogens with zero attached hydrogens (tertiary/aromatic N) is 3. The van der Waals surface area contributed by atoms with Crippen molar-refractivity contribution in [1.29, 1.82) is 5.26 Å². The molecule has 4 heteroatoms. The molecule has 12 heavy (non-hydrogen) atoms. The second-order valence-electron chi connectivity index (χ2n) is 2.80. The van der Waals surface area contributed by atoms with Gasteiger partial charge < -0.3 is 9.67 Å². The Balaban J connectivity index is 2.69. The van der Waals surface area contributed by atoms with Crippen molar-refractivity contribution in [3.63, 3.8) is 0 Å². The summed E-state index contributed by atoms with van der Waals surface area (Å²) in [5, 5.41) is 17.4. The molecule has 0 bridgehead atoms. The summed E-state index contributed by atoms with van der Waals surface area (Å²) in [7, 11) is 0. The zero-order chi connectivity index (χ0) is 8.97. The van der Waals surface area contributed by atoms with Gasteiger partial charge in [-0.1, -0.05) is 6.92 Å². The van der Waals surface area contributed by atoms with Crippen molar-refractivity contribution >= 4 is 0 Å². The molecular weight excluding hydrogens is 154 g/mol. The van der Waals surface area contributed by atoms with Crippen LogP contribution in [0.5, 0.6) is 0 Å². The van der Waals surface area contributed by atoms with Gasteiger partial charge in [0.1, 0.15) is 6.07 Å². The lowest BCUT2D eigenvalue weighted by Gasteiger charge is -2.08. The molecule has 0 saturated carbocycles. The highest BCUT2D eigenvalue weighted by Gasteiger charge is 2.04. The van der Waals surface area contributed by atoms with Gasteiger partial charge in [0, 0.05) is 25.5 Å². The fourth-order valence-electron chi connectivity index (χ4n) is 0.963. The number of aliphatic hydroxyl groups is 1. The van der Waals surface area contributed by atoms with Crippen LogP contribution in [0.4, 0.5) is 0 Å². The zero-order valence-electron chi connectivity index (χ0n) is 6.94. The van der Waals surface area contributed by atoms with Crippen molar-refractivity contribution in [1.82, 2.24) is 9.55 Å². The van der Waals surface area contributed by atoms with Gasteiger partial charge in [0.05, 0.1) is 0 Å². The van der Waals surface area contributed by atoms with Crippen molar-refractivity contribution in [2.45, 2.75) is 13.5 Å². The second-order valence-corrected chi connectivity index (χ2v) is 2.80. The minimum absolute atomic E-state index is 0.128. The van der Waals surface area contributed by atoms with Crippen LogP contribution in [0.3, 0.4) is 0 Å². The topological polar surface area (TPSA) is 61.8 Å². The van der Waals surface area contributed by atoms with Crippen molar-refractivity contribution in [2.24, 2.45) is 5.92 Å². The lowest BCUT2D eigenvalue weighted by atomic mass is 10.2. The number of nitriles is 1. The van der Waals surface area contributed by atoms with Gasteiger partial charge in [-0.15, -0.1) is 0 Å². The van der Waals surface area contributed by atoms with E-state index in [1.165, 1.54) is 0 Å². The van der Waals surface area contributed by atoms with Crippen LogP contribution in [-0.4, -0.2) is 21.3 Å². The van der Waals surface area contributed by atoms with Crippen LogP contribution < -0.4 is 0 Å². The molecule has 4 nitrogen and oxygen atoms in total. The van der Waals surface area contributed by atoms with E-state index in [1.807, 2.05) is 13.0 Å². The molecule has 0 spiro atoms. The summed E-state index contributed by atoms with van der Waals surface area (Å²) in [6.45, 7) is 2.68. The predicted molar refractivity (Wildman–Crippen MR) is 43.2 cm³/mol. The number of rotatable bonds is 3. The van der Waals surface area contributed by atoms with E-state index in [0.717, 1.165) is 0 Å². The van der Waals surface area contributed by atoms with Crippen LogP contribution in [0, 0.1) is 17.2 Å². The smallest absolute Gasteiger partial charge is 0.212 e. The number of imidazole rings is 1. The molecule has 1 N–H and O–H groups in total. The standard InChI is InChI=1S/C8H11N3O/c1-7(6-12)5-11-3-2-10-8(11)4-9/h2-3,7,12H,5-6H2,1H3. The Morgan fingerprint density at radius 2 is 2.58 bits per heavy atom. The van der Waals surface area contributed by atoms with Gasteiger partial charge in [-0.3, -0.25) is 0 Å². The molecular formula is C8H11N3O. The van der Waals surface area contributed by atoms with Gasteiger partial charge in [-0.25, -0.2) is 4.98 Å². The monoisotopic (exact) mass is 165 g/mol. The molecule has 0 radical (unpaired) electrons. The molecule has 0 saturated heterocycles. The van der Waals surface area contributed by atoms with Crippen LogP contribution in [0.1, 0.15) is 12.7 Å². The van der Waals surface area contributed by atoms with Gasteiger partial charge in [0.2, 0.25) is 5.82 Å². The molecule has 1 rings (SSSR count). The third-order valence-corrected chi connectivity index (χ3v) is 1.64. The van der Waals surface area contributed by atoms with E-state index >= 15 is 0 Å². The van der Waals surface area contributed by atoms with Crippen molar-refractivity contribution in [3.8, 4) is 6.07 Å². The molecule has 0 aromatic carbocycles.